The molecule has 0 unspecified atom stereocenters. The number of hydrogen-bond acceptors (Lipinski definition) is 4. The third kappa shape index (κ3) is 4.70. The fourth-order valence-corrected chi connectivity index (χ4v) is 3.01. The molecule has 28 heavy (non-hydrogen) atoms. The van der Waals surface area contributed by atoms with E-state index < -0.39 is 6.09 Å². The van der Waals surface area contributed by atoms with Gasteiger partial charge in [0.15, 0.2) is 5.75 Å². The maximum atomic E-state index is 12.7. The third-order valence-electron chi connectivity index (χ3n) is 4.35. The molecule has 7 heteroatoms. The number of carbonyl (C=O) groups is 1. The van der Waals surface area contributed by atoms with Gasteiger partial charge in [0, 0.05) is 30.5 Å². The van der Waals surface area contributed by atoms with E-state index in [0.717, 1.165) is 29.8 Å². The molecule has 2 heterocycles. The average molecular weight is 399 g/mol. The number of hydrogen-bond donors (Lipinski definition) is 0. The summed E-state index contributed by atoms with van der Waals surface area (Å²) >= 11 is 5.98. The monoisotopic (exact) mass is 398 g/mol. The molecule has 0 aliphatic heterocycles. The first-order chi connectivity index (χ1) is 13.6. The highest BCUT2D eigenvalue weighted by Gasteiger charge is 2.20. The second kappa shape index (κ2) is 9.37. The maximum absolute atomic E-state index is 12.7. The highest BCUT2D eigenvalue weighted by molar-refractivity contribution is 6.30. The Morgan fingerprint density at radius 3 is 2.50 bits per heavy atom. The molecule has 2 aromatic heterocycles. The first-order valence-electron chi connectivity index (χ1n) is 9.30. The lowest BCUT2D eigenvalue weighted by atomic mass is 10.2. The summed E-state index contributed by atoms with van der Waals surface area (Å²) in [5, 5.41) is 5.09. The van der Waals surface area contributed by atoms with Crippen molar-refractivity contribution in [1.82, 2.24) is 19.7 Å². The molecule has 146 valence electrons. The Morgan fingerprint density at radius 2 is 1.86 bits per heavy atom. The molecule has 0 saturated carbocycles. The molecule has 0 N–H and O–H groups in total. The number of aromatic nitrogens is 3. The summed E-state index contributed by atoms with van der Waals surface area (Å²) in [4.78, 5) is 18.4. The van der Waals surface area contributed by atoms with Crippen molar-refractivity contribution in [2.24, 2.45) is 0 Å². The largest absolute Gasteiger partial charge is 0.415 e. The third-order valence-corrected chi connectivity index (χ3v) is 4.60. The van der Waals surface area contributed by atoms with Crippen LogP contribution in [-0.2, 0) is 13.0 Å². The summed E-state index contributed by atoms with van der Waals surface area (Å²) in [5.41, 5.74) is 2.73. The number of ether oxygens (including phenoxy) is 1. The Morgan fingerprint density at radius 1 is 1.14 bits per heavy atom. The first-order valence-corrected chi connectivity index (χ1v) is 9.68. The van der Waals surface area contributed by atoms with Gasteiger partial charge in [0.05, 0.1) is 17.6 Å². The number of nitrogens with zero attached hydrogens (tertiary/aromatic N) is 4. The topological polar surface area (TPSA) is 60.2 Å². The van der Waals surface area contributed by atoms with E-state index in [0.29, 0.717) is 23.9 Å². The van der Waals surface area contributed by atoms with Crippen molar-refractivity contribution < 1.29 is 9.53 Å². The van der Waals surface area contributed by atoms with E-state index in [1.165, 1.54) is 0 Å². The van der Waals surface area contributed by atoms with Crippen LogP contribution in [0, 0.1) is 0 Å². The second-order valence-corrected chi connectivity index (χ2v) is 6.77. The smallest absolute Gasteiger partial charge is 0.406 e. The van der Waals surface area contributed by atoms with Gasteiger partial charge in [-0.05, 0) is 55.3 Å². The van der Waals surface area contributed by atoms with Gasteiger partial charge in [-0.3, -0.25) is 4.98 Å². The van der Waals surface area contributed by atoms with Crippen molar-refractivity contribution in [3.05, 3.63) is 71.3 Å². The van der Waals surface area contributed by atoms with Crippen LogP contribution in [0.1, 0.15) is 31.5 Å². The lowest BCUT2D eigenvalue weighted by Gasteiger charge is -2.20. The molecule has 1 aromatic carbocycles. The van der Waals surface area contributed by atoms with Gasteiger partial charge in [-0.2, -0.15) is 5.10 Å². The molecule has 1 amide bonds. The summed E-state index contributed by atoms with van der Waals surface area (Å²) < 4.78 is 7.50. The van der Waals surface area contributed by atoms with Crippen molar-refractivity contribution in [1.29, 1.82) is 0 Å². The Hall–Kier alpha value is -2.86. The van der Waals surface area contributed by atoms with Crippen LogP contribution in [0.15, 0.2) is 55.0 Å². The van der Waals surface area contributed by atoms with Crippen LogP contribution < -0.4 is 4.74 Å². The number of carbonyl (C=O) groups excluding carboxylic acids is 1. The van der Waals surface area contributed by atoms with Crippen molar-refractivity contribution in [3.8, 4) is 11.4 Å². The van der Waals surface area contributed by atoms with Gasteiger partial charge < -0.3 is 9.64 Å². The van der Waals surface area contributed by atoms with Crippen LogP contribution in [0.25, 0.3) is 5.69 Å². The zero-order chi connectivity index (χ0) is 19.9. The fourth-order valence-electron chi connectivity index (χ4n) is 2.89. The van der Waals surface area contributed by atoms with E-state index in [4.69, 9.17) is 16.3 Å². The summed E-state index contributed by atoms with van der Waals surface area (Å²) in [6.07, 6.45) is 6.26. The van der Waals surface area contributed by atoms with Crippen LogP contribution in [0.3, 0.4) is 0 Å². The van der Waals surface area contributed by atoms with Crippen LogP contribution in [0.4, 0.5) is 4.79 Å². The summed E-state index contributed by atoms with van der Waals surface area (Å²) in [6, 6.07) is 11.2. The minimum absolute atomic E-state index is 0.396. The van der Waals surface area contributed by atoms with Crippen LogP contribution >= 0.6 is 11.6 Å². The highest BCUT2D eigenvalue weighted by atomic mass is 35.5. The van der Waals surface area contributed by atoms with Gasteiger partial charge in [0.25, 0.3) is 0 Å². The molecule has 0 saturated heterocycles. The standard InChI is InChI=1S/C21H23ClN4O2/c1-3-5-19-20(14-24-26(19)18-8-6-17(22)7-9-18)28-21(27)25(4-2)15-16-10-12-23-13-11-16/h6-14H,3-5,15H2,1-2H3. The summed E-state index contributed by atoms with van der Waals surface area (Å²) in [6.45, 7) is 5.00. The van der Waals surface area contributed by atoms with Gasteiger partial charge in [-0.15, -0.1) is 0 Å². The molecular formula is C21H23ClN4O2. The first kappa shape index (κ1) is 19.9. The van der Waals surface area contributed by atoms with Gasteiger partial charge >= 0.3 is 6.09 Å². The number of rotatable bonds is 7. The van der Waals surface area contributed by atoms with E-state index in [-0.39, 0.29) is 0 Å². The van der Waals surface area contributed by atoms with E-state index >= 15 is 0 Å². The molecular weight excluding hydrogens is 376 g/mol. The predicted molar refractivity (Wildman–Crippen MR) is 109 cm³/mol. The van der Waals surface area contributed by atoms with Gasteiger partial charge in [-0.25, -0.2) is 9.48 Å². The van der Waals surface area contributed by atoms with Crippen LogP contribution in [0.2, 0.25) is 5.02 Å². The van der Waals surface area contributed by atoms with E-state index in [1.54, 1.807) is 28.2 Å². The zero-order valence-electron chi connectivity index (χ0n) is 16.0. The normalized spacial score (nSPS) is 10.7. The van der Waals surface area contributed by atoms with E-state index in [9.17, 15) is 4.79 Å². The SMILES string of the molecule is CCCc1c(OC(=O)N(CC)Cc2ccncc2)cnn1-c1ccc(Cl)cc1. The molecule has 3 aromatic rings. The lowest BCUT2D eigenvalue weighted by molar-refractivity contribution is 0.151. The van der Waals surface area contributed by atoms with Gasteiger partial charge in [0.1, 0.15) is 0 Å². The molecule has 0 atom stereocenters. The van der Waals surface area contributed by atoms with Crippen molar-refractivity contribution >= 4 is 17.7 Å². The highest BCUT2D eigenvalue weighted by Crippen LogP contribution is 2.25. The molecule has 0 spiro atoms. The molecule has 0 bridgehead atoms. The van der Waals surface area contributed by atoms with E-state index in [2.05, 4.69) is 17.0 Å². The predicted octanol–water partition coefficient (Wildman–Crippen LogP) is 4.89. The minimum Gasteiger partial charge on any atom is -0.406 e. The van der Waals surface area contributed by atoms with Gasteiger partial charge in [-0.1, -0.05) is 24.9 Å². The molecule has 0 fully saturated rings. The summed E-state index contributed by atoms with van der Waals surface area (Å²) in [7, 11) is 0. The molecule has 0 aliphatic carbocycles. The average Bonchev–Trinajstić information content (AvgIpc) is 3.10. The molecule has 0 radical (unpaired) electrons. The molecule has 0 aliphatic rings. The van der Waals surface area contributed by atoms with E-state index in [1.807, 2.05) is 43.3 Å². The second-order valence-electron chi connectivity index (χ2n) is 6.33. The molecule has 3 rings (SSSR count). The van der Waals surface area contributed by atoms with Crippen molar-refractivity contribution in [2.75, 3.05) is 6.54 Å². The Bertz CT molecular complexity index is 910. The van der Waals surface area contributed by atoms with Crippen LogP contribution in [-0.4, -0.2) is 32.3 Å². The summed E-state index contributed by atoms with van der Waals surface area (Å²) in [5.74, 6) is 0.481. The van der Waals surface area contributed by atoms with Gasteiger partial charge in [0.2, 0.25) is 0 Å². The Kier molecular flexibility index (Phi) is 6.66. The number of benzene rings is 1. The Balaban J connectivity index is 1.80. The zero-order valence-corrected chi connectivity index (χ0v) is 16.8. The molecule has 6 nitrogen and oxygen atoms in total. The fraction of sp³-hybridized carbons (Fsp3) is 0.286. The minimum atomic E-state index is -0.396. The van der Waals surface area contributed by atoms with Crippen molar-refractivity contribution in [3.63, 3.8) is 0 Å². The Labute approximate surface area is 169 Å². The number of amides is 1. The lowest BCUT2D eigenvalue weighted by Crippen LogP contribution is -2.33. The number of halogens is 1. The van der Waals surface area contributed by atoms with Crippen molar-refractivity contribution in [2.45, 2.75) is 33.2 Å². The quantitative estimate of drug-likeness (QED) is 0.568. The maximum Gasteiger partial charge on any atom is 0.415 e. The number of pyridine rings is 1. The van der Waals surface area contributed by atoms with Crippen LogP contribution in [0.5, 0.6) is 5.75 Å².